The summed E-state index contributed by atoms with van der Waals surface area (Å²) >= 11 is 0. The van der Waals surface area contributed by atoms with E-state index in [-0.39, 0.29) is 0 Å². The molecule has 0 spiro atoms. The lowest BCUT2D eigenvalue weighted by Gasteiger charge is -2.17. The van der Waals surface area contributed by atoms with Crippen LogP contribution in [0.25, 0.3) is 66.1 Å². The number of hydrogen-bond donors (Lipinski definition) is 0. The molecular weight excluding hydrogens is 512 g/mol. The molecule has 0 radical (unpaired) electrons. The van der Waals surface area contributed by atoms with Crippen LogP contribution in [0.2, 0.25) is 0 Å². The van der Waals surface area contributed by atoms with Crippen LogP contribution in [0.1, 0.15) is 11.1 Å². The van der Waals surface area contributed by atoms with E-state index in [4.69, 9.17) is 0 Å². The number of nitrogens with zero attached hydrogens (tertiary/aromatic N) is 4. The van der Waals surface area contributed by atoms with Crippen molar-refractivity contribution in [3.8, 4) is 34.6 Å². The molecule has 0 atom stereocenters. The Balaban J connectivity index is 1.61. The molecule has 8 aromatic rings. The predicted molar refractivity (Wildman–Crippen MR) is 170 cm³/mol. The molecule has 0 aliphatic rings. The van der Waals surface area contributed by atoms with Gasteiger partial charge in [0, 0.05) is 38.4 Å². The average molecular weight is 535 g/mol. The number of fused-ring (bicyclic) bond motifs is 6. The second kappa shape index (κ2) is 9.24. The molecule has 2 aromatic heterocycles. The topological polar surface area (TPSA) is 57.4 Å². The van der Waals surface area contributed by atoms with Crippen molar-refractivity contribution < 1.29 is 0 Å². The van der Waals surface area contributed by atoms with Crippen LogP contribution < -0.4 is 0 Å². The van der Waals surface area contributed by atoms with Gasteiger partial charge in [0.2, 0.25) is 0 Å². The molecule has 2 heterocycles. The van der Waals surface area contributed by atoms with Crippen LogP contribution >= 0.6 is 0 Å². The highest BCUT2D eigenvalue weighted by atomic mass is 15.0. The van der Waals surface area contributed by atoms with E-state index in [0.717, 1.165) is 66.1 Å². The fourth-order valence-corrected chi connectivity index (χ4v) is 6.38. The van der Waals surface area contributed by atoms with Gasteiger partial charge in [-0.05, 0) is 60.7 Å². The zero-order chi connectivity index (χ0) is 28.2. The average Bonchev–Trinajstić information content (AvgIpc) is 3.56. The maximum absolute atomic E-state index is 10.2. The quantitative estimate of drug-likeness (QED) is 0.227. The zero-order valence-corrected chi connectivity index (χ0v) is 22.5. The van der Waals surface area contributed by atoms with Crippen LogP contribution in [-0.4, -0.2) is 9.13 Å². The Hall–Kier alpha value is -6.10. The Morgan fingerprint density at radius 1 is 0.429 bits per heavy atom. The van der Waals surface area contributed by atoms with E-state index in [1.54, 1.807) is 12.1 Å². The number of rotatable bonds is 3. The Labute approximate surface area is 242 Å². The van der Waals surface area contributed by atoms with Gasteiger partial charge >= 0.3 is 0 Å². The molecule has 194 valence electrons. The minimum atomic E-state index is 0.518. The van der Waals surface area contributed by atoms with Gasteiger partial charge in [0.05, 0.1) is 51.0 Å². The second-order valence-corrected chi connectivity index (χ2v) is 10.4. The van der Waals surface area contributed by atoms with Gasteiger partial charge in [0.15, 0.2) is 0 Å². The van der Waals surface area contributed by atoms with Crippen LogP contribution in [0.5, 0.6) is 0 Å². The van der Waals surface area contributed by atoms with Gasteiger partial charge in [0.1, 0.15) is 0 Å². The molecule has 4 nitrogen and oxygen atoms in total. The van der Waals surface area contributed by atoms with Crippen LogP contribution in [0.3, 0.4) is 0 Å². The number of benzene rings is 6. The SMILES string of the molecule is N#Cc1ccc(C#N)c(-c2cc3c4ccccc4n(-c4ccccc4)c3cc2-n2c3ccccc3c3ccccc32)c1. The lowest BCUT2D eigenvalue weighted by molar-refractivity contribution is 1.15. The third-order valence-corrected chi connectivity index (χ3v) is 8.18. The summed E-state index contributed by atoms with van der Waals surface area (Å²) in [6, 6.07) is 50.1. The molecule has 42 heavy (non-hydrogen) atoms. The van der Waals surface area contributed by atoms with Crippen molar-refractivity contribution in [1.82, 2.24) is 9.13 Å². The predicted octanol–water partition coefficient (Wildman–Crippen LogP) is 9.29. The fraction of sp³-hybridized carbons (Fsp3) is 0. The third-order valence-electron chi connectivity index (χ3n) is 8.18. The van der Waals surface area contributed by atoms with E-state index >= 15 is 0 Å². The van der Waals surface area contributed by atoms with Crippen molar-refractivity contribution in [3.05, 3.63) is 145 Å². The molecule has 0 amide bonds. The molecule has 0 aliphatic heterocycles. The van der Waals surface area contributed by atoms with Crippen LogP contribution in [0.15, 0.2) is 133 Å². The lowest BCUT2D eigenvalue weighted by atomic mass is 9.94. The number of nitriles is 2. The minimum absolute atomic E-state index is 0.518. The normalized spacial score (nSPS) is 11.3. The molecule has 4 heteroatoms. The van der Waals surface area contributed by atoms with Gasteiger partial charge in [-0.25, -0.2) is 0 Å². The first-order valence-electron chi connectivity index (χ1n) is 13.8. The Bertz CT molecular complexity index is 2380. The monoisotopic (exact) mass is 534 g/mol. The van der Waals surface area contributed by atoms with Crippen molar-refractivity contribution >= 4 is 43.6 Å². The molecule has 0 fully saturated rings. The first-order chi connectivity index (χ1) is 20.8. The molecular formula is C38H22N4. The summed E-state index contributed by atoms with van der Waals surface area (Å²) in [6.45, 7) is 0. The van der Waals surface area contributed by atoms with Crippen molar-refractivity contribution in [2.45, 2.75) is 0 Å². The molecule has 0 N–H and O–H groups in total. The highest BCUT2D eigenvalue weighted by molar-refractivity contribution is 6.14. The summed E-state index contributed by atoms with van der Waals surface area (Å²) in [7, 11) is 0. The summed E-state index contributed by atoms with van der Waals surface area (Å²) in [5, 5.41) is 24.5. The van der Waals surface area contributed by atoms with E-state index in [1.807, 2.05) is 12.1 Å². The minimum Gasteiger partial charge on any atom is -0.309 e. The Morgan fingerprint density at radius 2 is 1.00 bits per heavy atom. The Morgan fingerprint density at radius 3 is 1.62 bits per heavy atom. The summed E-state index contributed by atoms with van der Waals surface area (Å²) in [5.41, 5.74) is 9.05. The van der Waals surface area contributed by atoms with E-state index in [9.17, 15) is 10.5 Å². The lowest BCUT2D eigenvalue weighted by Crippen LogP contribution is -2.00. The van der Waals surface area contributed by atoms with Crippen LogP contribution in [-0.2, 0) is 0 Å². The van der Waals surface area contributed by atoms with E-state index in [1.165, 1.54) is 0 Å². The number of hydrogen-bond acceptors (Lipinski definition) is 2. The molecule has 0 aliphatic carbocycles. The standard InChI is InChI=1S/C38H22N4/c39-23-25-18-19-26(24-40)31(20-25)33-21-32-30-14-6-7-15-34(30)41(27-10-2-1-3-11-27)37(32)22-38(33)42-35-16-8-4-12-28(35)29-13-5-9-17-36(29)42/h1-22H. The largest absolute Gasteiger partial charge is 0.309 e. The van der Waals surface area contributed by atoms with Crippen molar-refractivity contribution in [1.29, 1.82) is 10.5 Å². The highest BCUT2D eigenvalue weighted by Crippen LogP contribution is 2.42. The number of para-hydroxylation sites is 4. The summed E-state index contributed by atoms with van der Waals surface area (Å²) in [4.78, 5) is 0. The van der Waals surface area contributed by atoms with Crippen LogP contribution in [0, 0.1) is 22.7 Å². The van der Waals surface area contributed by atoms with Crippen LogP contribution in [0.4, 0.5) is 0 Å². The highest BCUT2D eigenvalue weighted by Gasteiger charge is 2.21. The summed E-state index contributed by atoms with van der Waals surface area (Å²) < 4.78 is 4.61. The zero-order valence-electron chi connectivity index (χ0n) is 22.5. The van der Waals surface area contributed by atoms with Gasteiger partial charge in [0.25, 0.3) is 0 Å². The maximum Gasteiger partial charge on any atom is 0.0998 e. The Kier molecular flexibility index (Phi) is 5.22. The third kappa shape index (κ3) is 3.40. The summed E-state index contributed by atoms with van der Waals surface area (Å²) in [6.07, 6.45) is 0. The van der Waals surface area contributed by atoms with Gasteiger partial charge in [-0.3, -0.25) is 0 Å². The number of aromatic nitrogens is 2. The molecule has 0 unspecified atom stereocenters. The van der Waals surface area contributed by atoms with E-state index in [2.05, 4.69) is 130 Å². The van der Waals surface area contributed by atoms with Gasteiger partial charge in [-0.2, -0.15) is 10.5 Å². The molecule has 8 rings (SSSR count). The first kappa shape index (κ1) is 23.8. The smallest absolute Gasteiger partial charge is 0.0998 e. The first-order valence-corrected chi connectivity index (χ1v) is 13.8. The van der Waals surface area contributed by atoms with Crippen molar-refractivity contribution in [2.75, 3.05) is 0 Å². The van der Waals surface area contributed by atoms with Gasteiger partial charge in [-0.15, -0.1) is 0 Å². The molecule has 0 saturated carbocycles. The van der Waals surface area contributed by atoms with E-state index in [0.29, 0.717) is 11.1 Å². The fourth-order valence-electron chi connectivity index (χ4n) is 6.38. The molecule has 6 aromatic carbocycles. The van der Waals surface area contributed by atoms with Gasteiger partial charge < -0.3 is 9.13 Å². The van der Waals surface area contributed by atoms with Crippen molar-refractivity contribution in [3.63, 3.8) is 0 Å². The maximum atomic E-state index is 10.2. The molecule has 0 bridgehead atoms. The van der Waals surface area contributed by atoms with Gasteiger partial charge in [-0.1, -0.05) is 72.8 Å². The summed E-state index contributed by atoms with van der Waals surface area (Å²) in [5.74, 6) is 0. The van der Waals surface area contributed by atoms with Crippen molar-refractivity contribution in [2.24, 2.45) is 0 Å². The molecule has 0 saturated heterocycles. The second-order valence-electron chi connectivity index (χ2n) is 10.4. The van der Waals surface area contributed by atoms with E-state index < -0.39 is 0 Å².